The molecular weight excluding hydrogens is 356 g/mol. The lowest BCUT2D eigenvalue weighted by Gasteiger charge is -2.22. The van der Waals surface area contributed by atoms with E-state index in [-0.39, 0.29) is 5.91 Å². The number of benzene rings is 3. The molecule has 3 aromatic rings. The molecule has 0 saturated heterocycles. The maximum Gasteiger partial charge on any atom is 0.234 e. The van der Waals surface area contributed by atoms with Crippen LogP contribution in [0.25, 0.3) is 0 Å². The molecule has 0 radical (unpaired) electrons. The molecule has 1 unspecified atom stereocenters. The summed E-state index contributed by atoms with van der Waals surface area (Å²) >= 11 is 0. The molecule has 0 bridgehead atoms. The third-order valence-corrected chi connectivity index (χ3v) is 6.05. The fourth-order valence-corrected chi connectivity index (χ4v) is 4.22. The maximum absolute atomic E-state index is 12.5. The third kappa shape index (κ3) is 4.04. The summed E-state index contributed by atoms with van der Waals surface area (Å²) in [6, 6.07) is 27.4. The number of carbonyl (C=O) groups excluding carboxylic acids is 1. The normalized spacial score (nSPS) is 17.7. The molecule has 1 aliphatic rings. The molecule has 148 valence electrons. The number of hydrogen-bond acceptors (Lipinski definition) is 2. The minimum absolute atomic E-state index is 0.122. The van der Waals surface area contributed by atoms with E-state index in [4.69, 9.17) is 0 Å². The maximum atomic E-state index is 12.5. The van der Waals surface area contributed by atoms with Crippen molar-refractivity contribution >= 4 is 17.3 Å². The molecule has 0 aliphatic carbocycles. The van der Waals surface area contributed by atoms with Gasteiger partial charge in [0, 0.05) is 25.0 Å². The van der Waals surface area contributed by atoms with E-state index in [1.807, 2.05) is 24.3 Å². The molecule has 3 heteroatoms. The lowest BCUT2D eigenvalue weighted by atomic mass is 9.79. The van der Waals surface area contributed by atoms with Crippen molar-refractivity contribution in [3.8, 4) is 0 Å². The Morgan fingerprint density at radius 2 is 1.55 bits per heavy atom. The molecule has 1 amide bonds. The van der Waals surface area contributed by atoms with E-state index in [0.717, 1.165) is 37.1 Å². The van der Waals surface area contributed by atoms with E-state index in [0.29, 0.717) is 0 Å². The van der Waals surface area contributed by atoms with Gasteiger partial charge in [0.2, 0.25) is 5.91 Å². The SMILES string of the molecule is CN(Cc1ccccc1)c1ccc(CCCC2(C)C(=O)Nc3ccccc32)cc1. The average Bonchev–Trinajstić information content (AvgIpc) is 3.00. The van der Waals surface area contributed by atoms with Crippen LogP contribution in [0.3, 0.4) is 0 Å². The van der Waals surface area contributed by atoms with Gasteiger partial charge in [0.05, 0.1) is 5.41 Å². The van der Waals surface area contributed by atoms with Crippen molar-refractivity contribution in [1.29, 1.82) is 0 Å². The lowest BCUT2D eigenvalue weighted by molar-refractivity contribution is -0.120. The van der Waals surface area contributed by atoms with E-state index < -0.39 is 5.41 Å². The fourth-order valence-electron chi connectivity index (χ4n) is 4.22. The number of carbonyl (C=O) groups is 1. The zero-order valence-electron chi connectivity index (χ0n) is 17.2. The quantitative estimate of drug-likeness (QED) is 0.579. The number of hydrogen-bond donors (Lipinski definition) is 1. The molecule has 0 fully saturated rings. The van der Waals surface area contributed by atoms with Gasteiger partial charge in [-0.2, -0.15) is 0 Å². The highest BCUT2D eigenvalue weighted by molar-refractivity contribution is 6.05. The summed E-state index contributed by atoms with van der Waals surface area (Å²) in [5.74, 6) is 0.122. The molecule has 1 aliphatic heterocycles. The van der Waals surface area contributed by atoms with Gasteiger partial charge in [0.25, 0.3) is 0 Å². The molecular formula is C26H28N2O. The first-order chi connectivity index (χ1) is 14.1. The van der Waals surface area contributed by atoms with E-state index in [1.54, 1.807) is 0 Å². The van der Waals surface area contributed by atoms with E-state index in [9.17, 15) is 4.79 Å². The van der Waals surface area contributed by atoms with Crippen LogP contribution >= 0.6 is 0 Å². The third-order valence-electron chi connectivity index (χ3n) is 6.05. The van der Waals surface area contributed by atoms with Crippen LogP contribution in [-0.2, 0) is 23.2 Å². The summed E-state index contributed by atoms with van der Waals surface area (Å²) in [6.07, 6.45) is 2.82. The van der Waals surface area contributed by atoms with Crippen LogP contribution in [0.1, 0.15) is 36.5 Å². The average molecular weight is 385 g/mol. The highest BCUT2D eigenvalue weighted by Crippen LogP contribution is 2.40. The van der Waals surface area contributed by atoms with E-state index in [1.165, 1.54) is 16.8 Å². The van der Waals surface area contributed by atoms with Gasteiger partial charge >= 0.3 is 0 Å². The molecule has 29 heavy (non-hydrogen) atoms. The largest absolute Gasteiger partial charge is 0.370 e. The van der Waals surface area contributed by atoms with Gasteiger partial charge in [0.15, 0.2) is 0 Å². The Kier molecular flexibility index (Phi) is 5.39. The molecule has 1 heterocycles. The smallest absolute Gasteiger partial charge is 0.234 e. The Balaban J connectivity index is 1.34. The van der Waals surface area contributed by atoms with Gasteiger partial charge in [-0.1, -0.05) is 60.7 Å². The van der Waals surface area contributed by atoms with Gasteiger partial charge < -0.3 is 10.2 Å². The minimum atomic E-state index is -0.424. The number of nitrogens with one attached hydrogen (secondary N) is 1. The summed E-state index contributed by atoms with van der Waals surface area (Å²) in [5.41, 5.74) is 5.51. The fraction of sp³-hybridized carbons (Fsp3) is 0.269. The molecule has 4 rings (SSSR count). The summed E-state index contributed by atoms with van der Waals surface area (Å²) in [4.78, 5) is 14.8. The Labute approximate surface area is 173 Å². The Bertz CT molecular complexity index is 981. The molecule has 1 atom stereocenters. The van der Waals surface area contributed by atoms with Crippen molar-refractivity contribution in [1.82, 2.24) is 0 Å². The number of para-hydroxylation sites is 1. The number of fused-ring (bicyclic) bond motifs is 1. The van der Waals surface area contributed by atoms with Crippen LogP contribution in [0.15, 0.2) is 78.9 Å². The monoisotopic (exact) mass is 384 g/mol. The van der Waals surface area contributed by atoms with Crippen molar-refractivity contribution in [2.24, 2.45) is 0 Å². The Morgan fingerprint density at radius 3 is 2.31 bits per heavy atom. The van der Waals surface area contributed by atoms with Crippen LogP contribution in [0.5, 0.6) is 0 Å². The molecule has 0 saturated carbocycles. The van der Waals surface area contributed by atoms with Gasteiger partial charge in [0.1, 0.15) is 0 Å². The molecule has 3 nitrogen and oxygen atoms in total. The van der Waals surface area contributed by atoms with Crippen LogP contribution in [-0.4, -0.2) is 13.0 Å². The topological polar surface area (TPSA) is 32.3 Å². The number of aryl methyl sites for hydroxylation is 1. The first-order valence-electron chi connectivity index (χ1n) is 10.3. The van der Waals surface area contributed by atoms with Crippen LogP contribution in [0.2, 0.25) is 0 Å². The van der Waals surface area contributed by atoms with Crippen molar-refractivity contribution in [3.05, 3.63) is 95.6 Å². The summed E-state index contributed by atoms with van der Waals surface area (Å²) in [7, 11) is 2.12. The zero-order chi connectivity index (χ0) is 20.3. The molecule has 3 aromatic carbocycles. The summed E-state index contributed by atoms with van der Waals surface area (Å²) in [6.45, 7) is 2.96. The Morgan fingerprint density at radius 1 is 0.862 bits per heavy atom. The van der Waals surface area contributed by atoms with Crippen molar-refractivity contribution in [3.63, 3.8) is 0 Å². The predicted octanol–water partition coefficient (Wildman–Crippen LogP) is 5.56. The minimum Gasteiger partial charge on any atom is -0.370 e. The molecule has 1 N–H and O–H groups in total. The van der Waals surface area contributed by atoms with Crippen molar-refractivity contribution in [2.45, 2.75) is 38.1 Å². The number of amides is 1. The zero-order valence-corrected chi connectivity index (χ0v) is 17.2. The van der Waals surface area contributed by atoms with Crippen molar-refractivity contribution < 1.29 is 4.79 Å². The predicted molar refractivity (Wildman–Crippen MR) is 120 cm³/mol. The molecule has 0 aromatic heterocycles. The highest BCUT2D eigenvalue weighted by Gasteiger charge is 2.41. The number of nitrogens with zero attached hydrogens (tertiary/aromatic N) is 1. The van der Waals surface area contributed by atoms with E-state index >= 15 is 0 Å². The highest BCUT2D eigenvalue weighted by atomic mass is 16.2. The van der Waals surface area contributed by atoms with Crippen molar-refractivity contribution in [2.75, 3.05) is 17.3 Å². The van der Waals surface area contributed by atoms with E-state index in [2.05, 4.69) is 78.8 Å². The number of rotatable bonds is 7. The first-order valence-corrected chi connectivity index (χ1v) is 10.3. The van der Waals surface area contributed by atoms with Crippen LogP contribution in [0, 0.1) is 0 Å². The second kappa shape index (κ2) is 8.12. The van der Waals surface area contributed by atoms with Gasteiger partial charge in [-0.15, -0.1) is 0 Å². The van der Waals surface area contributed by atoms with Crippen LogP contribution < -0.4 is 10.2 Å². The van der Waals surface area contributed by atoms with Crippen LogP contribution in [0.4, 0.5) is 11.4 Å². The van der Waals surface area contributed by atoms with Gasteiger partial charge in [-0.25, -0.2) is 0 Å². The van der Waals surface area contributed by atoms with Gasteiger partial charge in [-0.3, -0.25) is 4.79 Å². The summed E-state index contributed by atoms with van der Waals surface area (Å²) < 4.78 is 0. The Hall–Kier alpha value is -3.07. The number of anilines is 2. The van der Waals surface area contributed by atoms with Gasteiger partial charge in [-0.05, 0) is 61.1 Å². The molecule has 0 spiro atoms. The summed E-state index contributed by atoms with van der Waals surface area (Å²) in [5, 5.41) is 3.03. The lowest BCUT2D eigenvalue weighted by Crippen LogP contribution is -2.31. The standard InChI is InChI=1S/C26H28N2O/c1-26(23-12-6-7-13-24(23)27-25(26)29)18-8-11-20-14-16-22(17-15-20)28(2)19-21-9-4-3-5-10-21/h3-7,9-10,12-17H,8,11,18-19H2,1-2H3,(H,27,29). The first kappa shape index (κ1) is 19.3. The second-order valence-electron chi connectivity index (χ2n) is 8.19. The second-order valence-corrected chi connectivity index (χ2v) is 8.19.